The van der Waals surface area contributed by atoms with Crippen LogP contribution in [0.3, 0.4) is 0 Å². The summed E-state index contributed by atoms with van der Waals surface area (Å²) in [6, 6.07) is 3.84. The number of ether oxygens (including phenoxy) is 1. The molecule has 1 aromatic carbocycles. The third kappa shape index (κ3) is 5.62. The number of phenolic OH excluding ortho intramolecular Hbond substituents is 1. The third-order valence-electron chi connectivity index (χ3n) is 5.23. The first-order chi connectivity index (χ1) is 12.0. The Labute approximate surface area is 159 Å². The number of aliphatic hydroxyl groups excluding tert-OH is 1. The van der Waals surface area contributed by atoms with Crippen molar-refractivity contribution in [3.8, 4) is 11.5 Å². The van der Waals surface area contributed by atoms with Crippen LogP contribution in [-0.2, 0) is 10.8 Å². The van der Waals surface area contributed by atoms with Gasteiger partial charge in [-0.25, -0.2) is 0 Å². The van der Waals surface area contributed by atoms with Gasteiger partial charge in [-0.3, -0.25) is 0 Å². The second-order valence-corrected chi connectivity index (χ2v) is 9.85. The van der Waals surface area contributed by atoms with E-state index in [0.29, 0.717) is 12.4 Å². The molecule has 0 radical (unpaired) electrons. The maximum atomic E-state index is 10.8. The lowest BCUT2D eigenvalue weighted by Gasteiger charge is -2.28. The second kappa shape index (κ2) is 8.18. The highest BCUT2D eigenvalue weighted by Crippen LogP contribution is 2.41. The number of likely N-dealkylation sites (tertiary alicyclic amines) is 1. The fourth-order valence-electron chi connectivity index (χ4n) is 3.68. The van der Waals surface area contributed by atoms with E-state index in [2.05, 4.69) is 41.5 Å². The Kier molecular flexibility index (Phi) is 6.62. The summed E-state index contributed by atoms with van der Waals surface area (Å²) < 4.78 is 5.96. The molecule has 0 amide bonds. The van der Waals surface area contributed by atoms with Crippen LogP contribution in [0.15, 0.2) is 12.1 Å². The lowest BCUT2D eigenvalue weighted by Crippen LogP contribution is -3.14. The molecule has 1 heterocycles. The maximum Gasteiger partial charge on any atom is 0.137 e. The smallest absolute Gasteiger partial charge is 0.137 e. The third-order valence-corrected chi connectivity index (χ3v) is 5.23. The minimum absolute atomic E-state index is 0.181. The number of phenols is 1. The van der Waals surface area contributed by atoms with Crippen LogP contribution in [0.5, 0.6) is 11.5 Å². The number of piperidine rings is 1. The molecular formula is C22H38NO3+. The molecule has 0 spiro atoms. The number of quaternary nitrogens is 1. The zero-order chi connectivity index (χ0) is 19.5. The van der Waals surface area contributed by atoms with E-state index >= 15 is 0 Å². The summed E-state index contributed by atoms with van der Waals surface area (Å²) in [5, 5.41) is 21.2. The van der Waals surface area contributed by atoms with Crippen LogP contribution in [0.4, 0.5) is 0 Å². The van der Waals surface area contributed by atoms with Crippen molar-refractivity contribution in [1.82, 2.24) is 0 Å². The molecule has 1 aliphatic heterocycles. The molecule has 1 aromatic rings. The van der Waals surface area contributed by atoms with Crippen LogP contribution in [0.1, 0.15) is 71.9 Å². The van der Waals surface area contributed by atoms with Crippen molar-refractivity contribution >= 4 is 0 Å². The Morgan fingerprint density at radius 1 is 0.962 bits per heavy atom. The number of aromatic hydroxyl groups is 1. The topological polar surface area (TPSA) is 54.1 Å². The van der Waals surface area contributed by atoms with Crippen LogP contribution in [0.2, 0.25) is 0 Å². The standard InChI is InChI=1S/C22H37NO3/c1-21(2,3)18-12-17(13-19(20(18)25)22(4,5)6)26-15-16(24)14-23-10-8-7-9-11-23/h12-13,16,24-25H,7-11,14-15H2,1-6H3/p+1/t16-/m1/s1. The average Bonchev–Trinajstić information content (AvgIpc) is 2.52. The highest BCUT2D eigenvalue weighted by atomic mass is 16.5. The molecule has 1 atom stereocenters. The van der Waals surface area contributed by atoms with Gasteiger partial charge in [0.15, 0.2) is 0 Å². The van der Waals surface area contributed by atoms with E-state index in [9.17, 15) is 10.2 Å². The molecule has 0 unspecified atom stereocenters. The minimum atomic E-state index is -0.465. The average molecular weight is 365 g/mol. The van der Waals surface area contributed by atoms with Gasteiger partial charge in [-0.05, 0) is 42.2 Å². The van der Waals surface area contributed by atoms with Gasteiger partial charge in [0.05, 0.1) is 13.1 Å². The van der Waals surface area contributed by atoms with Crippen molar-refractivity contribution in [3.05, 3.63) is 23.3 Å². The number of hydrogen-bond donors (Lipinski definition) is 3. The summed E-state index contributed by atoms with van der Waals surface area (Å²) >= 11 is 0. The van der Waals surface area contributed by atoms with Crippen LogP contribution in [-0.4, -0.2) is 42.6 Å². The Morgan fingerprint density at radius 3 is 1.92 bits per heavy atom. The van der Waals surface area contributed by atoms with Crippen molar-refractivity contribution in [2.45, 2.75) is 77.7 Å². The molecule has 0 aliphatic carbocycles. The monoisotopic (exact) mass is 364 g/mol. The quantitative estimate of drug-likeness (QED) is 0.753. The molecule has 26 heavy (non-hydrogen) atoms. The van der Waals surface area contributed by atoms with E-state index in [4.69, 9.17) is 4.74 Å². The van der Waals surface area contributed by atoms with Crippen molar-refractivity contribution in [3.63, 3.8) is 0 Å². The molecule has 4 heteroatoms. The van der Waals surface area contributed by atoms with Gasteiger partial charge < -0.3 is 19.8 Å². The highest BCUT2D eigenvalue weighted by Gasteiger charge is 2.27. The molecule has 0 bridgehead atoms. The molecular weight excluding hydrogens is 326 g/mol. The molecule has 1 fully saturated rings. The van der Waals surface area contributed by atoms with Gasteiger partial charge in [-0.1, -0.05) is 41.5 Å². The molecule has 4 nitrogen and oxygen atoms in total. The highest BCUT2D eigenvalue weighted by molar-refractivity contribution is 5.51. The first-order valence-corrected chi connectivity index (χ1v) is 10.0. The summed E-state index contributed by atoms with van der Waals surface area (Å²) in [5.74, 6) is 1.08. The zero-order valence-electron chi connectivity index (χ0n) is 17.5. The first-order valence-electron chi connectivity index (χ1n) is 10.0. The Bertz CT molecular complexity index is 557. The summed E-state index contributed by atoms with van der Waals surface area (Å²) in [6.45, 7) is 15.9. The maximum absolute atomic E-state index is 10.8. The number of hydrogen-bond acceptors (Lipinski definition) is 3. The second-order valence-electron chi connectivity index (χ2n) is 9.85. The molecule has 0 saturated carbocycles. The van der Waals surface area contributed by atoms with Crippen molar-refractivity contribution in [1.29, 1.82) is 0 Å². The van der Waals surface area contributed by atoms with Crippen molar-refractivity contribution < 1.29 is 19.8 Å². The lowest BCUT2D eigenvalue weighted by molar-refractivity contribution is -0.908. The summed E-state index contributed by atoms with van der Waals surface area (Å²) in [5.41, 5.74) is 1.41. The van der Waals surface area contributed by atoms with E-state index < -0.39 is 6.10 Å². The van der Waals surface area contributed by atoms with Crippen LogP contribution < -0.4 is 9.64 Å². The van der Waals surface area contributed by atoms with E-state index in [1.807, 2.05) is 12.1 Å². The minimum Gasteiger partial charge on any atom is -0.507 e. The predicted octanol–water partition coefficient (Wildman–Crippen LogP) is 2.80. The zero-order valence-corrected chi connectivity index (χ0v) is 17.5. The van der Waals surface area contributed by atoms with Crippen molar-refractivity contribution in [2.24, 2.45) is 0 Å². The molecule has 3 N–H and O–H groups in total. The Morgan fingerprint density at radius 2 is 1.46 bits per heavy atom. The van der Waals surface area contributed by atoms with E-state index in [1.54, 1.807) is 0 Å². The first kappa shape index (κ1) is 21.0. The fraction of sp³-hybridized carbons (Fsp3) is 0.727. The van der Waals surface area contributed by atoms with Crippen molar-refractivity contribution in [2.75, 3.05) is 26.2 Å². The van der Waals surface area contributed by atoms with E-state index in [-0.39, 0.29) is 10.8 Å². The van der Waals surface area contributed by atoms with Crippen LogP contribution in [0, 0.1) is 0 Å². The SMILES string of the molecule is CC(C)(C)c1cc(OC[C@H](O)C[NH+]2CCCCC2)cc(C(C)(C)C)c1O. The van der Waals surface area contributed by atoms with Gasteiger partial charge >= 0.3 is 0 Å². The summed E-state index contributed by atoms with van der Waals surface area (Å²) in [7, 11) is 0. The molecule has 2 rings (SSSR count). The molecule has 1 saturated heterocycles. The van der Waals surface area contributed by atoms with Gasteiger partial charge in [0.25, 0.3) is 0 Å². The largest absolute Gasteiger partial charge is 0.507 e. The number of benzene rings is 1. The molecule has 1 aliphatic rings. The van der Waals surface area contributed by atoms with Gasteiger partial charge in [0.2, 0.25) is 0 Å². The molecule has 0 aromatic heterocycles. The summed E-state index contributed by atoms with van der Waals surface area (Å²) in [6.07, 6.45) is 3.36. The van der Waals surface area contributed by atoms with E-state index in [1.165, 1.54) is 24.2 Å². The normalized spacial score (nSPS) is 18.0. The lowest BCUT2D eigenvalue weighted by atomic mass is 9.79. The van der Waals surface area contributed by atoms with Gasteiger partial charge in [0.1, 0.15) is 30.8 Å². The molecule has 148 valence electrons. The Balaban J connectivity index is 2.12. The number of rotatable bonds is 5. The predicted molar refractivity (Wildman–Crippen MR) is 106 cm³/mol. The van der Waals surface area contributed by atoms with Crippen LogP contribution >= 0.6 is 0 Å². The number of nitrogens with one attached hydrogen (secondary N) is 1. The Hall–Kier alpha value is -1.26. The number of aliphatic hydroxyl groups is 1. The fourth-order valence-corrected chi connectivity index (χ4v) is 3.68. The van der Waals surface area contributed by atoms with Crippen LogP contribution in [0.25, 0.3) is 0 Å². The van der Waals surface area contributed by atoms with E-state index in [0.717, 1.165) is 36.5 Å². The van der Waals surface area contributed by atoms with Gasteiger partial charge in [0, 0.05) is 11.1 Å². The summed E-state index contributed by atoms with van der Waals surface area (Å²) in [4.78, 5) is 1.48. The van der Waals surface area contributed by atoms with Gasteiger partial charge in [-0.2, -0.15) is 0 Å². The van der Waals surface area contributed by atoms with Gasteiger partial charge in [-0.15, -0.1) is 0 Å².